The van der Waals surface area contributed by atoms with Gasteiger partial charge in [-0.05, 0) is 12.1 Å². The predicted octanol–water partition coefficient (Wildman–Crippen LogP) is 0.892. The lowest BCUT2D eigenvalue weighted by Gasteiger charge is -2.22. The topological polar surface area (TPSA) is 50.4 Å². The molecule has 0 bridgehead atoms. The Morgan fingerprint density at radius 3 is 2.88 bits per heavy atom. The highest BCUT2D eigenvalue weighted by Crippen LogP contribution is 2.13. The standard InChI is InChI=1S/C11H12F2N2O2/c12-8-2-1-7(5-9(8)13)15-11(16)10-6-17-4-3-14-10/h1-2,5,10,14H,3-4,6H2,(H,15,16). The lowest BCUT2D eigenvalue weighted by atomic mass is 10.2. The summed E-state index contributed by atoms with van der Waals surface area (Å²) in [6, 6.07) is 2.75. The first kappa shape index (κ1) is 11.9. The van der Waals surface area contributed by atoms with Crippen molar-refractivity contribution in [2.75, 3.05) is 25.1 Å². The van der Waals surface area contributed by atoms with Gasteiger partial charge in [-0.1, -0.05) is 0 Å². The minimum atomic E-state index is -0.990. The highest BCUT2D eigenvalue weighted by Gasteiger charge is 2.21. The minimum absolute atomic E-state index is 0.223. The molecule has 4 nitrogen and oxygen atoms in total. The van der Waals surface area contributed by atoms with Crippen LogP contribution in [-0.4, -0.2) is 31.7 Å². The maximum atomic E-state index is 12.9. The van der Waals surface area contributed by atoms with Crippen molar-refractivity contribution >= 4 is 11.6 Å². The van der Waals surface area contributed by atoms with Crippen molar-refractivity contribution in [3.63, 3.8) is 0 Å². The Labute approximate surface area is 97.0 Å². The summed E-state index contributed by atoms with van der Waals surface area (Å²) in [5.41, 5.74) is 0.223. The van der Waals surface area contributed by atoms with E-state index < -0.39 is 17.7 Å². The highest BCUT2D eigenvalue weighted by atomic mass is 19.2. The van der Waals surface area contributed by atoms with Gasteiger partial charge in [-0.3, -0.25) is 4.79 Å². The monoisotopic (exact) mass is 242 g/mol. The molecule has 0 radical (unpaired) electrons. The van der Waals surface area contributed by atoms with Crippen LogP contribution < -0.4 is 10.6 Å². The van der Waals surface area contributed by atoms with Crippen molar-refractivity contribution in [2.24, 2.45) is 0 Å². The van der Waals surface area contributed by atoms with Crippen molar-refractivity contribution < 1.29 is 18.3 Å². The van der Waals surface area contributed by atoms with Crippen LogP contribution in [-0.2, 0) is 9.53 Å². The zero-order valence-corrected chi connectivity index (χ0v) is 9.00. The van der Waals surface area contributed by atoms with Gasteiger partial charge in [0.25, 0.3) is 0 Å². The largest absolute Gasteiger partial charge is 0.378 e. The number of halogens is 2. The molecule has 0 spiro atoms. The van der Waals surface area contributed by atoms with Gasteiger partial charge in [0.1, 0.15) is 6.04 Å². The van der Waals surface area contributed by atoms with Crippen LogP contribution >= 0.6 is 0 Å². The van der Waals surface area contributed by atoms with E-state index >= 15 is 0 Å². The fraction of sp³-hybridized carbons (Fsp3) is 0.364. The third kappa shape index (κ3) is 2.98. The number of rotatable bonds is 2. The first-order valence-corrected chi connectivity index (χ1v) is 5.24. The molecule has 1 aliphatic heterocycles. The van der Waals surface area contributed by atoms with Crippen LogP contribution in [0.5, 0.6) is 0 Å². The first-order chi connectivity index (χ1) is 8.16. The number of nitrogens with one attached hydrogen (secondary N) is 2. The zero-order chi connectivity index (χ0) is 12.3. The second-order valence-electron chi connectivity index (χ2n) is 3.70. The summed E-state index contributed by atoms with van der Waals surface area (Å²) in [4.78, 5) is 11.7. The molecule has 1 aliphatic rings. The number of carbonyl (C=O) groups excluding carboxylic acids is 1. The van der Waals surface area contributed by atoms with Gasteiger partial charge in [0.2, 0.25) is 5.91 Å². The first-order valence-electron chi connectivity index (χ1n) is 5.24. The number of carbonyl (C=O) groups is 1. The van der Waals surface area contributed by atoms with Crippen LogP contribution in [0.4, 0.5) is 14.5 Å². The molecule has 1 amide bonds. The molecule has 1 atom stereocenters. The van der Waals surface area contributed by atoms with Crippen LogP contribution in [0.2, 0.25) is 0 Å². The van der Waals surface area contributed by atoms with Crippen LogP contribution in [0.25, 0.3) is 0 Å². The van der Waals surface area contributed by atoms with Gasteiger partial charge >= 0.3 is 0 Å². The van der Waals surface area contributed by atoms with Crippen molar-refractivity contribution in [3.05, 3.63) is 29.8 Å². The summed E-state index contributed by atoms with van der Waals surface area (Å²) in [5.74, 6) is -2.26. The molecule has 1 saturated heterocycles. The summed E-state index contributed by atoms with van der Waals surface area (Å²) < 4.78 is 30.7. The number of hydrogen-bond donors (Lipinski definition) is 2. The number of anilines is 1. The molecule has 1 aromatic carbocycles. The number of benzene rings is 1. The quantitative estimate of drug-likeness (QED) is 0.809. The Morgan fingerprint density at radius 2 is 2.24 bits per heavy atom. The van der Waals surface area contributed by atoms with Gasteiger partial charge in [-0.15, -0.1) is 0 Å². The third-order valence-electron chi connectivity index (χ3n) is 2.43. The number of amides is 1. The van der Waals surface area contributed by atoms with Crippen LogP contribution in [0.3, 0.4) is 0 Å². The van der Waals surface area contributed by atoms with E-state index in [0.717, 1.165) is 12.1 Å². The van der Waals surface area contributed by atoms with Crippen molar-refractivity contribution in [3.8, 4) is 0 Å². The Kier molecular flexibility index (Phi) is 3.65. The van der Waals surface area contributed by atoms with Gasteiger partial charge in [0.15, 0.2) is 11.6 Å². The Balaban J connectivity index is 1.99. The fourth-order valence-corrected chi connectivity index (χ4v) is 1.54. The molecule has 1 aromatic rings. The van der Waals surface area contributed by atoms with E-state index in [1.54, 1.807) is 0 Å². The zero-order valence-electron chi connectivity index (χ0n) is 9.00. The molecule has 2 rings (SSSR count). The second-order valence-corrected chi connectivity index (χ2v) is 3.70. The van der Waals surface area contributed by atoms with E-state index in [-0.39, 0.29) is 18.2 Å². The smallest absolute Gasteiger partial charge is 0.243 e. The van der Waals surface area contributed by atoms with Gasteiger partial charge in [0.05, 0.1) is 13.2 Å². The molecular formula is C11H12F2N2O2. The normalized spacial score (nSPS) is 20.0. The van der Waals surface area contributed by atoms with E-state index in [1.165, 1.54) is 6.07 Å². The SMILES string of the molecule is O=C(Nc1ccc(F)c(F)c1)C1COCCN1. The molecule has 1 heterocycles. The molecule has 92 valence electrons. The summed E-state index contributed by atoms with van der Waals surface area (Å²) in [5, 5.41) is 5.45. The van der Waals surface area contributed by atoms with E-state index in [4.69, 9.17) is 4.74 Å². The number of ether oxygens (including phenoxy) is 1. The Bertz CT molecular complexity index is 420. The molecule has 0 aliphatic carbocycles. The van der Waals surface area contributed by atoms with Crippen molar-refractivity contribution in [2.45, 2.75) is 6.04 Å². The average Bonchev–Trinajstić information content (AvgIpc) is 2.35. The maximum Gasteiger partial charge on any atom is 0.243 e. The molecule has 6 heteroatoms. The third-order valence-corrected chi connectivity index (χ3v) is 2.43. The maximum absolute atomic E-state index is 12.9. The van der Waals surface area contributed by atoms with Crippen molar-refractivity contribution in [1.29, 1.82) is 0 Å². The molecule has 0 saturated carbocycles. The lowest BCUT2D eigenvalue weighted by Crippen LogP contribution is -2.48. The minimum Gasteiger partial charge on any atom is -0.378 e. The fourth-order valence-electron chi connectivity index (χ4n) is 1.54. The summed E-state index contributed by atoms with van der Waals surface area (Å²) in [6.07, 6.45) is 0. The Morgan fingerprint density at radius 1 is 1.41 bits per heavy atom. The molecular weight excluding hydrogens is 230 g/mol. The highest BCUT2D eigenvalue weighted by molar-refractivity contribution is 5.95. The predicted molar refractivity (Wildman–Crippen MR) is 57.6 cm³/mol. The molecule has 1 unspecified atom stereocenters. The van der Waals surface area contributed by atoms with E-state index in [1.807, 2.05) is 0 Å². The van der Waals surface area contributed by atoms with Gasteiger partial charge in [-0.25, -0.2) is 8.78 Å². The molecule has 1 fully saturated rings. The van der Waals surface area contributed by atoms with Gasteiger partial charge < -0.3 is 15.4 Å². The average molecular weight is 242 g/mol. The van der Waals surface area contributed by atoms with Gasteiger partial charge in [-0.2, -0.15) is 0 Å². The summed E-state index contributed by atoms with van der Waals surface area (Å²) in [7, 11) is 0. The van der Waals surface area contributed by atoms with E-state index in [0.29, 0.717) is 13.2 Å². The summed E-state index contributed by atoms with van der Waals surface area (Å²) in [6.45, 7) is 1.43. The summed E-state index contributed by atoms with van der Waals surface area (Å²) >= 11 is 0. The number of morpholine rings is 1. The van der Waals surface area contributed by atoms with Crippen molar-refractivity contribution in [1.82, 2.24) is 5.32 Å². The Hall–Kier alpha value is -1.53. The molecule has 0 aromatic heterocycles. The van der Waals surface area contributed by atoms with E-state index in [2.05, 4.69) is 10.6 Å². The molecule has 2 N–H and O–H groups in total. The second kappa shape index (κ2) is 5.20. The lowest BCUT2D eigenvalue weighted by molar-refractivity contribution is -0.120. The van der Waals surface area contributed by atoms with Crippen LogP contribution in [0.15, 0.2) is 18.2 Å². The number of hydrogen-bond acceptors (Lipinski definition) is 3. The van der Waals surface area contributed by atoms with E-state index in [9.17, 15) is 13.6 Å². The molecule has 17 heavy (non-hydrogen) atoms. The van der Waals surface area contributed by atoms with Crippen LogP contribution in [0.1, 0.15) is 0 Å². The van der Waals surface area contributed by atoms with Gasteiger partial charge in [0, 0.05) is 18.3 Å². The van der Waals surface area contributed by atoms with Crippen LogP contribution in [0, 0.1) is 11.6 Å².